The standard InChI is InChI=1S/C20H22N4O2/c1-14-12-19(23-16-8-10-17(25-2)11-9-16)24-20(22-14)21-13-15-6-4-5-7-18(15)26-3/h4-12H,13H2,1-3H3,(H2,21,22,23,24). The molecule has 0 saturated heterocycles. The third-order valence-corrected chi connectivity index (χ3v) is 3.85. The number of ether oxygens (including phenoxy) is 2. The fourth-order valence-corrected chi connectivity index (χ4v) is 2.56. The number of aryl methyl sites for hydroxylation is 1. The van der Waals surface area contributed by atoms with Crippen molar-refractivity contribution < 1.29 is 9.47 Å². The van der Waals surface area contributed by atoms with E-state index < -0.39 is 0 Å². The average molecular weight is 350 g/mol. The van der Waals surface area contributed by atoms with Crippen molar-refractivity contribution in [2.24, 2.45) is 0 Å². The van der Waals surface area contributed by atoms with Crippen LogP contribution in [0.5, 0.6) is 11.5 Å². The molecule has 0 radical (unpaired) electrons. The second-order valence-corrected chi connectivity index (χ2v) is 5.74. The van der Waals surface area contributed by atoms with Gasteiger partial charge < -0.3 is 20.1 Å². The van der Waals surface area contributed by atoms with Gasteiger partial charge in [0.05, 0.1) is 14.2 Å². The lowest BCUT2D eigenvalue weighted by Gasteiger charge is -2.12. The van der Waals surface area contributed by atoms with E-state index in [4.69, 9.17) is 9.47 Å². The summed E-state index contributed by atoms with van der Waals surface area (Å²) >= 11 is 0. The van der Waals surface area contributed by atoms with E-state index in [1.807, 2.05) is 61.5 Å². The number of hydrogen-bond donors (Lipinski definition) is 2. The van der Waals surface area contributed by atoms with Gasteiger partial charge in [-0.1, -0.05) is 18.2 Å². The summed E-state index contributed by atoms with van der Waals surface area (Å²) in [5, 5.41) is 6.54. The van der Waals surface area contributed by atoms with Crippen LogP contribution in [0, 0.1) is 6.92 Å². The largest absolute Gasteiger partial charge is 0.497 e. The van der Waals surface area contributed by atoms with Crippen molar-refractivity contribution in [2.75, 3.05) is 24.9 Å². The van der Waals surface area contributed by atoms with Gasteiger partial charge in [0.25, 0.3) is 0 Å². The molecule has 1 heterocycles. The second-order valence-electron chi connectivity index (χ2n) is 5.74. The van der Waals surface area contributed by atoms with Crippen molar-refractivity contribution in [1.82, 2.24) is 9.97 Å². The number of nitrogens with one attached hydrogen (secondary N) is 2. The van der Waals surface area contributed by atoms with E-state index in [9.17, 15) is 0 Å². The SMILES string of the molecule is COc1ccc(Nc2cc(C)nc(NCc3ccccc3OC)n2)cc1. The van der Waals surface area contributed by atoms with Crippen LogP contribution in [0.2, 0.25) is 0 Å². The molecule has 0 spiro atoms. The zero-order chi connectivity index (χ0) is 18.4. The van der Waals surface area contributed by atoms with E-state index in [1.54, 1.807) is 14.2 Å². The first kappa shape index (κ1) is 17.5. The Morgan fingerprint density at radius 3 is 2.42 bits per heavy atom. The average Bonchev–Trinajstić information content (AvgIpc) is 2.67. The maximum absolute atomic E-state index is 5.38. The molecule has 0 saturated carbocycles. The highest BCUT2D eigenvalue weighted by molar-refractivity contribution is 5.58. The number of nitrogens with zero attached hydrogens (tertiary/aromatic N) is 2. The number of aromatic nitrogens is 2. The molecule has 6 heteroatoms. The summed E-state index contributed by atoms with van der Waals surface area (Å²) in [6.07, 6.45) is 0. The lowest BCUT2D eigenvalue weighted by Crippen LogP contribution is -2.07. The summed E-state index contributed by atoms with van der Waals surface area (Å²) in [7, 11) is 3.31. The van der Waals surface area contributed by atoms with Crippen molar-refractivity contribution in [1.29, 1.82) is 0 Å². The lowest BCUT2D eigenvalue weighted by atomic mass is 10.2. The van der Waals surface area contributed by atoms with Crippen LogP contribution < -0.4 is 20.1 Å². The van der Waals surface area contributed by atoms with Crippen molar-refractivity contribution in [3.8, 4) is 11.5 Å². The van der Waals surface area contributed by atoms with Crippen LogP contribution in [0.4, 0.5) is 17.5 Å². The third kappa shape index (κ3) is 4.42. The molecule has 0 aliphatic carbocycles. The minimum atomic E-state index is 0.562. The van der Waals surface area contributed by atoms with Crippen LogP contribution in [0.25, 0.3) is 0 Å². The van der Waals surface area contributed by atoms with Crippen molar-refractivity contribution in [3.05, 3.63) is 65.9 Å². The van der Waals surface area contributed by atoms with Gasteiger partial charge in [0.2, 0.25) is 5.95 Å². The predicted octanol–water partition coefficient (Wildman–Crippen LogP) is 4.16. The second kappa shape index (κ2) is 8.20. The smallest absolute Gasteiger partial charge is 0.225 e. The van der Waals surface area contributed by atoms with Gasteiger partial charge in [-0.05, 0) is 37.3 Å². The zero-order valence-electron chi connectivity index (χ0n) is 15.1. The Hall–Kier alpha value is -3.28. The minimum Gasteiger partial charge on any atom is -0.497 e. The third-order valence-electron chi connectivity index (χ3n) is 3.85. The highest BCUT2D eigenvalue weighted by Gasteiger charge is 2.06. The molecule has 0 aliphatic rings. The summed E-state index contributed by atoms with van der Waals surface area (Å²) in [5.74, 6) is 2.94. The number of methoxy groups -OCH3 is 2. The Morgan fingerprint density at radius 1 is 0.923 bits per heavy atom. The lowest BCUT2D eigenvalue weighted by molar-refractivity contribution is 0.410. The quantitative estimate of drug-likeness (QED) is 0.667. The number of benzene rings is 2. The molecule has 0 aliphatic heterocycles. The van der Waals surface area contributed by atoms with E-state index in [-0.39, 0.29) is 0 Å². The van der Waals surface area contributed by atoms with Gasteiger partial charge in [0.15, 0.2) is 0 Å². The number of para-hydroxylation sites is 1. The topological polar surface area (TPSA) is 68.3 Å². The molecule has 0 unspecified atom stereocenters. The maximum atomic E-state index is 5.38. The summed E-state index contributed by atoms with van der Waals surface area (Å²) < 4.78 is 10.6. The van der Waals surface area contributed by atoms with Crippen LogP contribution in [-0.2, 0) is 6.54 Å². The van der Waals surface area contributed by atoms with Gasteiger partial charge in [-0.15, -0.1) is 0 Å². The van der Waals surface area contributed by atoms with E-state index in [1.165, 1.54) is 0 Å². The molecule has 2 aromatic carbocycles. The Bertz CT molecular complexity index is 866. The molecule has 3 aromatic rings. The van der Waals surface area contributed by atoms with Gasteiger partial charge in [-0.2, -0.15) is 4.98 Å². The molecule has 2 N–H and O–H groups in total. The molecule has 0 bridgehead atoms. The summed E-state index contributed by atoms with van der Waals surface area (Å²) in [6.45, 7) is 2.52. The molecule has 0 atom stereocenters. The maximum Gasteiger partial charge on any atom is 0.225 e. The molecular weight excluding hydrogens is 328 g/mol. The van der Waals surface area contributed by atoms with Crippen LogP contribution in [0.15, 0.2) is 54.6 Å². The van der Waals surface area contributed by atoms with Crippen molar-refractivity contribution in [2.45, 2.75) is 13.5 Å². The highest BCUT2D eigenvalue weighted by atomic mass is 16.5. The van der Waals surface area contributed by atoms with Crippen LogP contribution in [0.1, 0.15) is 11.3 Å². The Labute approximate surface area is 153 Å². The molecule has 134 valence electrons. The summed E-state index contributed by atoms with van der Waals surface area (Å²) in [6, 6.07) is 17.5. The van der Waals surface area contributed by atoms with Crippen LogP contribution in [-0.4, -0.2) is 24.2 Å². The Kier molecular flexibility index (Phi) is 5.53. The molecule has 0 fully saturated rings. The highest BCUT2D eigenvalue weighted by Crippen LogP contribution is 2.21. The van der Waals surface area contributed by atoms with Crippen molar-refractivity contribution in [3.63, 3.8) is 0 Å². The molecular formula is C20H22N4O2. The monoisotopic (exact) mass is 350 g/mol. The van der Waals surface area contributed by atoms with E-state index in [0.29, 0.717) is 12.5 Å². The van der Waals surface area contributed by atoms with E-state index >= 15 is 0 Å². The molecule has 6 nitrogen and oxygen atoms in total. The number of anilines is 3. The number of rotatable bonds is 7. The molecule has 0 amide bonds. The zero-order valence-corrected chi connectivity index (χ0v) is 15.1. The minimum absolute atomic E-state index is 0.562. The number of hydrogen-bond acceptors (Lipinski definition) is 6. The fourth-order valence-electron chi connectivity index (χ4n) is 2.56. The molecule has 26 heavy (non-hydrogen) atoms. The first-order chi connectivity index (χ1) is 12.7. The summed E-state index contributed by atoms with van der Waals surface area (Å²) in [5.41, 5.74) is 2.85. The summed E-state index contributed by atoms with van der Waals surface area (Å²) in [4.78, 5) is 8.99. The van der Waals surface area contributed by atoms with Crippen molar-refractivity contribution >= 4 is 17.5 Å². The molecule has 3 rings (SSSR count). The van der Waals surface area contributed by atoms with Crippen LogP contribution in [0.3, 0.4) is 0 Å². The first-order valence-electron chi connectivity index (χ1n) is 8.30. The van der Waals surface area contributed by atoms with Crippen LogP contribution >= 0.6 is 0 Å². The van der Waals surface area contributed by atoms with E-state index in [0.717, 1.165) is 34.3 Å². The van der Waals surface area contributed by atoms with Gasteiger partial charge >= 0.3 is 0 Å². The predicted molar refractivity (Wildman–Crippen MR) is 103 cm³/mol. The van der Waals surface area contributed by atoms with Gasteiger partial charge in [-0.3, -0.25) is 0 Å². The Balaban J connectivity index is 1.72. The van der Waals surface area contributed by atoms with Gasteiger partial charge in [-0.25, -0.2) is 4.98 Å². The first-order valence-corrected chi connectivity index (χ1v) is 8.30. The normalized spacial score (nSPS) is 10.3. The van der Waals surface area contributed by atoms with Gasteiger partial charge in [0, 0.05) is 29.6 Å². The Morgan fingerprint density at radius 2 is 1.69 bits per heavy atom. The van der Waals surface area contributed by atoms with E-state index in [2.05, 4.69) is 20.6 Å². The molecule has 1 aromatic heterocycles. The van der Waals surface area contributed by atoms with Gasteiger partial charge in [0.1, 0.15) is 17.3 Å². The fraction of sp³-hybridized carbons (Fsp3) is 0.200.